The summed E-state index contributed by atoms with van der Waals surface area (Å²) in [6.45, 7) is 4.85. The maximum Gasteiger partial charge on any atom is 0.347 e. The molecule has 1 amide bonds. The van der Waals surface area contributed by atoms with E-state index >= 15 is 0 Å². The van der Waals surface area contributed by atoms with Crippen molar-refractivity contribution in [2.24, 2.45) is 5.92 Å². The van der Waals surface area contributed by atoms with Gasteiger partial charge in [-0.15, -0.1) is 0 Å². The summed E-state index contributed by atoms with van der Waals surface area (Å²) in [6, 6.07) is 8.45. The fraction of sp³-hybridized carbons (Fsp3) is 0.500. The summed E-state index contributed by atoms with van der Waals surface area (Å²) in [5.74, 6) is 0.199. The first-order chi connectivity index (χ1) is 11.5. The average molecular weight is 330 g/mol. The predicted octanol–water partition coefficient (Wildman–Crippen LogP) is 2.13. The van der Waals surface area contributed by atoms with Gasteiger partial charge in [0.05, 0.1) is 11.6 Å². The van der Waals surface area contributed by atoms with Crippen LogP contribution in [0.2, 0.25) is 0 Å². The van der Waals surface area contributed by atoms with E-state index in [2.05, 4.69) is 6.92 Å². The molecule has 6 nitrogen and oxygen atoms in total. The molecule has 0 radical (unpaired) electrons. The number of carbonyl (C=O) groups is 2. The predicted molar refractivity (Wildman–Crippen MR) is 87.2 cm³/mol. The van der Waals surface area contributed by atoms with Gasteiger partial charge in [0.25, 0.3) is 5.91 Å². The lowest BCUT2D eigenvalue weighted by Crippen LogP contribution is -2.42. The number of nitriles is 1. The highest BCUT2D eigenvalue weighted by atomic mass is 16.6. The van der Waals surface area contributed by atoms with E-state index in [0.717, 1.165) is 19.4 Å². The van der Waals surface area contributed by atoms with Crippen LogP contribution in [0.1, 0.15) is 32.3 Å². The maximum absolute atomic E-state index is 12.1. The zero-order valence-corrected chi connectivity index (χ0v) is 14.0. The van der Waals surface area contributed by atoms with Crippen LogP contribution in [0.15, 0.2) is 24.3 Å². The fourth-order valence-electron chi connectivity index (χ4n) is 2.62. The minimum absolute atomic E-state index is 0.166. The van der Waals surface area contributed by atoms with Crippen molar-refractivity contribution >= 4 is 11.9 Å². The van der Waals surface area contributed by atoms with E-state index in [1.165, 1.54) is 0 Å². The third kappa shape index (κ3) is 4.98. The Kier molecular flexibility index (Phi) is 6.19. The average Bonchev–Trinajstić information content (AvgIpc) is 2.60. The molecule has 1 aliphatic heterocycles. The summed E-state index contributed by atoms with van der Waals surface area (Å²) < 4.78 is 10.5. The number of benzene rings is 1. The van der Waals surface area contributed by atoms with Gasteiger partial charge in [-0.1, -0.05) is 6.92 Å². The second-order valence-electron chi connectivity index (χ2n) is 6.09. The maximum atomic E-state index is 12.1. The van der Waals surface area contributed by atoms with E-state index in [1.54, 1.807) is 36.1 Å². The number of rotatable bonds is 5. The van der Waals surface area contributed by atoms with Gasteiger partial charge in [-0.05, 0) is 49.9 Å². The number of hydrogen-bond acceptors (Lipinski definition) is 5. The molecule has 0 unspecified atom stereocenters. The van der Waals surface area contributed by atoms with Gasteiger partial charge in [-0.3, -0.25) is 4.79 Å². The van der Waals surface area contributed by atoms with Crippen LogP contribution in [0.5, 0.6) is 5.75 Å². The van der Waals surface area contributed by atoms with Gasteiger partial charge in [-0.25, -0.2) is 4.79 Å². The molecular weight excluding hydrogens is 308 g/mol. The number of esters is 1. The van der Waals surface area contributed by atoms with Crippen LogP contribution in [0.25, 0.3) is 0 Å². The number of nitrogens with zero attached hydrogens (tertiary/aromatic N) is 2. The van der Waals surface area contributed by atoms with Crippen molar-refractivity contribution in [3.05, 3.63) is 29.8 Å². The molecule has 6 heteroatoms. The molecule has 2 atom stereocenters. The minimum atomic E-state index is -0.828. The van der Waals surface area contributed by atoms with Crippen LogP contribution in [0.3, 0.4) is 0 Å². The van der Waals surface area contributed by atoms with E-state index in [4.69, 9.17) is 14.7 Å². The number of carbonyl (C=O) groups excluding carboxylic acids is 2. The molecule has 0 spiro atoms. The van der Waals surface area contributed by atoms with Crippen molar-refractivity contribution in [2.75, 3.05) is 19.7 Å². The number of ether oxygens (including phenoxy) is 2. The Bertz CT molecular complexity index is 621. The highest BCUT2D eigenvalue weighted by Gasteiger charge is 2.23. The van der Waals surface area contributed by atoms with E-state index < -0.39 is 12.1 Å². The Morgan fingerprint density at radius 3 is 2.71 bits per heavy atom. The van der Waals surface area contributed by atoms with Gasteiger partial charge in [-0.2, -0.15) is 5.26 Å². The highest BCUT2D eigenvalue weighted by molar-refractivity contribution is 5.82. The molecule has 1 aromatic carbocycles. The van der Waals surface area contributed by atoms with Crippen LogP contribution in [0.4, 0.5) is 0 Å². The normalized spacial score (nSPS) is 18.4. The molecular formula is C18H22N2O4. The van der Waals surface area contributed by atoms with E-state index in [0.29, 0.717) is 23.8 Å². The van der Waals surface area contributed by atoms with Crippen LogP contribution < -0.4 is 4.74 Å². The molecule has 0 aliphatic carbocycles. The molecule has 1 saturated heterocycles. The monoisotopic (exact) mass is 330 g/mol. The Labute approximate surface area is 142 Å². The Morgan fingerprint density at radius 1 is 1.38 bits per heavy atom. The third-order valence-corrected chi connectivity index (χ3v) is 3.98. The third-order valence-electron chi connectivity index (χ3n) is 3.98. The number of amides is 1. The van der Waals surface area contributed by atoms with Crippen molar-refractivity contribution in [2.45, 2.75) is 32.8 Å². The molecule has 1 fully saturated rings. The lowest BCUT2D eigenvalue weighted by atomic mass is 10.0. The molecule has 0 aromatic heterocycles. The van der Waals surface area contributed by atoms with Gasteiger partial charge < -0.3 is 14.4 Å². The van der Waals surface area contributed by atoms with E-state index in [9.17, 15) is 9.59 Å². The minimum Gasteiger partial charge on any atom is -0.479 e. The van der Waals surface area contributed by atoms with Crippen LogP contribution >= 0.6 is 0 Å². The molecule has 1 aromatic rings. The quantitative estimate of drug-likeness (QED) is 0.773. The van der Waals surface area contributed by atoms with Crippen molar-refractivity contribution in [1.82, 2.24) is 4.90 Å². The fourth-order valence-corrected chi connectivity index (χ4v) is 2.62. The molecule has 1 heterocycles. The number of likely N-dealkylation sites (tertiary alicyclic amines) is 1. The first kappa shape index (κ1) is 17.8. The van der Waals surface area contributed by atoms with Gasteiger partial charge in [0.15, 0.2) is 12.7 Å². The molecule has 0 bridgehead atoms. The van der Waals surface area contributed by atoms with Crippen molar-refractivity contribution in [1.29, 1.82) is 5.26 Å². The summed E-state index contributed by atoms with van der Waals surface area (Å²) in [7, 11) is 0. The molecule has 128 valence electrons. The standard InChI is InChI=1S/C18H22N2O4/c1-13-4-3-9-20(11-13)17(21)12-23-18(22)14(2)24-16-7-5-15(10-19)6-8-16/h5-8,13-14H,3-4,9,11-12H2,1-2H3/t13-,14-/m0/s1. The zero-order chi connectivity index (χ0) is 17.5. The van der Waals surface area contributed by atoms with Crippen molar-refractivity contribution < 1.29 is 19.1 Å². The zero-order valence-electron chi connectivity index (χ0n) is 14.0. The van der Waals surface area contributed by atoms with Gasteiger partial charge in [0, 0.05) is 13.1 Å². The molecule has 0 N–H and O–H groups in total. The van der Waals surface area contributed by atoms with Gasteiger partial charge in [0.2, 0.25) is 0 Å². The number of hydrogen-bond donors (Lipinski definition) is 0. The van der Waals surface area contributed by atoms with Crippen molar-refractivity contribution in [3.63, 3.8) is 0 Å². The van der Waals surface area contributed by atoms with Crippen molar-refractivity contribution in [3.8, 4) is 11.8 Å². The molecule has 24 heavy (non-hydrogen) atoms. The highest BCUT2D eigenvalue weighted by Crippen LogP contribution is 2.16. The number of piperidine rings is 1. The summed E-state index contributed by atoms with van der Waals surface area (Å²) in [5.41, 5.74) is 0.513. The van der Waals surface area contributed by atoms with Gasteiger partial charge >= 0.3 is 5.97 Å². The first-order valence-electron chi connectivity index (χ1n) is 8.11. The van der Waals surface area contributed by atoms with E-state index in [-0.39, 0.29) is 12.5 Å². The summed E-state index contributed by atoms with van der Waals surface area (Å²) in [4.78, 5) is 25.8. The molecule has 1 aliphatic rings. The first-order valence-corrected chi connectivity index (χ1v) is 8.11. The SMILES string of the molecule is C[C@H]1CCCN(C(=O)COC(=O)[C@H](C)Oc2ccc(C#N)cc2)C1. The van der Waals surface area contributed by atoms with Gasteiger partial charge in [0.1, 0.15) is 5.75 Å². The molecule has 0 saturated carbocycles. The summed E-state index contributed by atoms with van der Waals surface area (Å²) >= 11 is 0. The topological polar surface area (TPSA) is 79.6 Å². The lowest BCUT2D eigenvalue weighted by molar-refractivity contribution is -0.157. The second kappa shape index (κ2) is 8.34. The lowest BCUT2D eigenvalue weighted by Gasteiger charge is -2.30. The van der Waals surface area contributed by atoms with Crippen LogP contribution in [-0.4, -0.2) is 42.6 Å². The molecule has 2 rings (SSSR count). The summed E-state index contributed by atoms with van der Waals surface area (Å²) in [6.07, 6.45) is 1.28. The van der Waals surface area contributed by atoms with E-state index in [1.807, 2.05) is 6.07 Å². The van der Waals surface area contributed by atoms with Crippen LogP contribution in [0, 0.1) is 17.2 Å². The smallest absolute Gasteiger partial charge is 0.347 e. The van der Waals surface area contributed by atoms with Crippen LogP contribution in [-0.2, 0) is 14.3 Å². The Balaban J connectivity index is 1.78. The second-order valence-corrected chi connectivity index (χ2v) is 6.09. The largest absolute Gasteiger partial charge is 0.479 e. The Morgan fingerprint density at radius 2 is 2.08 bits per heavy atom. The summed E-state index contributed by atoms with van der Waals surface area (Å²) in [5, 5.41) is 8.74. The Hall–Kier alpha value is -2.55.